The minimum absolute atomic E-state index is 0.0163. The monoisotopic (exact) mass is 294 g/mol. The summed E-state index contributed by atoms with van der Waals surface area (Å²) in [6.07, 6.45) is 0.278. The molecule has 90 valence electrons. The molecule has 1 atom stereocenters. The zero-order chi connectivity index (χ0) is 12.1. The first kappa shape index (κ1) is 13.5. The van der Waals surface area contributed by atoms with Gasteiger partial charge in [0.2, 0.25) is 0 Å². The average molecular weight is 295 g/mol. The van der Waals surface area contributed by atoms with Crippen LogP contribution in [0.25, 0.3) is 0 Å². The maximum absolute atomic E-state index is 13.2. The molecule has 0 saturated heterocycles. The van der Waals surface area contributed by atoms with Gasteiger partial charge in [-0.1, -0.05) is 6.07 Å². The van der Waals surface area contributed by atoms with Crippen molar-refractivity contribution >= 4 is 15.9 Å². The quantitative estimate of drug-likeness (QED) is 0.668. The minimum atomic E-state index is -0.969. The molecule has 16 heavy (non-hydrogen) atoms. The second-order valence-corrected chi connectivity index (χ2v) is 4.21. The molecule has 0 aliphatic heterocycles. The van der Waals surface area contributed by atoms with Crippen molar-refractivity contribution < 1.29 is 18.6 Å². The van der Waals surface area contributed by atoms with Crippen LogP contribution >= 0.6 is 15.9 Å². The first-order valence-electron chi connectivity index (χ1n) is 4.88. The normalized spacial score (nSPS) is 12.8. The molecule has 0 amide bonds. The molecule has 0 aliphatic carbocycles. The molecule has 0 fully saturated rings. The highest BCUT2D eigenvalue weighted by Gasteiger charge is 2.16. The summed E-state index contributed by atoms with van der Waals surface area (Å²) in [5.74, 6) is -1.90. The fourth-order valence-corrected chi connectivity index (χ4v) is 1.96. The molecule has 0 aromatic heterocycles. The van der Waals surface area contributed by atoms with Crippen molar-refractivity contribution in [1.82, 2.24) is 0 Å². The average Bonchev–Trinajstić information content (AvgIpc) is 2.26. The lowest BCUT2D eigenvalue weighted by atomic mass is 10.0. The number of ether oxygens (including phenoxy) is 1. The van der Waals surface area contributed by atoms with Crippen LogP contribution in [0.2, 0.25) is 0 Å². The van der Waals surface area contributed by atoms with Gasteiger partial charge in [-0.3, -0.25) is 0 Å². The molecule has 0 aliphatic rings. The molecule has 2 nitrogen and oxygen atoms in total. The number of aliphatic hydroxyl groups is 1. The third-order valence-electron chi connectivity index (χ3n) is 2.25. The van der Waals surface area contributed by atoms with Gasteiger partial charge in [0.1, 0.15) is 0 Å². The number of benzene rings is 1. The van der Waals surface area contributed by atoms with E-state index in [0.717, 1.165) is 6.07 Å². The Morgan fingerprint density at radius 3 is 2.75 bits per heavy atom. The van der Waals surface area contributed by atoms with E-state index in [4.69, 9.17) is 4.74 Å². The molecule has 1 unspecified atom stereocenters. The number of methoxy groups -OCH3 is 1. The lowest BCUT2D eigenvalue weighted by Crippen LogP contribution is -2.03. The fraction of sp³-hybridized carbons (Fsp3) is 0.455. The third-order valence-corrected chi connectivity index (χ3v) is 3.06. The van der Waals surface area contributed by atoms with Crippen LogP contribution in [-0.2, 0) is 4.74 Å². The van der Waals surface area contributed by atoms with Gasteiger partial charge in [-0.2, -0.15) is 0 Å². The highest BCUT2D eigenvalue weighted by molar-refractivity contribution is 9.10. The van der Waals surface area contributed by atoms with Crippen LogP contribution in [0.4, 0.5) is 8.78 Å². The second kappa shape index (κ2) is 6.27. The van der Waals surface area contributed by atoms with E-state index in [2.05, 4.69) is 15.9 Å². The van der Waals surface area contributed by atoms with E-state index >= 15 is 0 Å². The number of halogens is 3. The van der Waals surface area contributed by atoms with Gasteiger partial charge in [0.15, 0.2) is 11.6 Å². The van der Waals surface area contributed by atoms with Crippen LogP contribution in [-0.4, -0.2) is 18.8 Å². The van der Waals surface area contributed by atoms with Gasteiger partial charge in [-0.15, -0.1) is 0 Å². The maximum Gasteiger partial charge on any atom is 0.173 e. The molecular formula is C11H13BrF2O2. The van der Waals surface area contributed by atoms with E-state index in [9.17, 15) is 13.9 Å². The van der Waals surface area contributed by atoms with Crippen LogP contribution in [0.5, 0.6) is 0 Å². The summed E-state index contributed by atoms with van der Waals surface area (Å²) in [4.78, 5) is 0. The number of hydrogen-bond acceptors (Lipinski definition) is 2. The van der Waals surface area contributed by atoms with Crippen LogP contribution in [0.3, 0.4) is 0 Å². The number of rotatable bonds is 5. The van der Waals surface area contributed by atoms with Crippen LogP contribution in [0, 0.1) is 11.6 Å². The van der Waals surface area contributed by atoms with Crippen molar-refractivity contribution in [1.29, 1.82) is 0 Å². The summed E-state index contributed by atoms with van der Waals surface area (Å²) >= 11 is 2.93. The Morgan fingerprint density at radius 1 is 1.44 bits per heavy atom. The van der Waals surface area contributed by atoms with Crippen molar-refractivity contribution in [3.05, 3.63) is 33.8 Å². The van der Waals surface area contributed by atoms with Gasteiger partial charge >= 0.3 is 0 Å². The summed E-state index contributed by atoms with van der Waals surface area (Å²) in [6.45, 7) is 0.526. The molecule has 5 heteroatoms. The summed E-state index contributed by atoms with van der Waals surface area (Å²) in [7, 11) is 1.57. The van der Waals surface area contributed by atoms with Crippen LogP contribution < -0.4 is 0 Å². The maximum atomic E-state index is 13.2. The molecule has 1 rings (SSSR count). The van der Waals surface area contributed by atoms with Gasteiger partial charge in [0.25, 0.3) is 0 Å². The third kappa shape index (κ3) is 3.23. The first-order chi connectivity index (χ1) is 7.57. The minimum Gasteiger partial charge on any atom is -0.388 e. The highest BCUT2D eigenvalue weighted by atomic mass is 79.9. The zero-order valence-corrected chi connectivity index (χ0v) is 10.4. The van der Waals surface area contributed by atoms with Crippen molar-refractivity contribution in [2.45, 2.75) is 18.9 Å². The molecule has 0 heterocycles. The first-order valence-corrected chi connectivity index (χ1v) is 5.67. The molecule has 1 aromatic rings. The predicted molar refractivity (Wildman–Crippen MR) is 60.1 cm³/mol. The zero-order valence-electron chi connectivity index (χ0n) is 8.84. The molecule has 0 spiro atoms. The van der Waals surface area contributed by atoms with Crippen LogP contribution in [0.1, 0.15) is 24.5 Å². The Bertz CT molecular complexity index is 358. The Balaban J connectivity index is 2.76. The van der Waals surface area contributed by atoms with Gasteiger partial charge in [-0.05, 0) is 40.4 Å². The standard InChI is InChI=1S/C11H13BrF2O2/c1-16-6-2-3-9(15)7-4-5-8(13)11(14)10(7)12/h4-5,9,15H,2-3,6H2,1H3. The van der Waals surface area contributed by atoms with Gasteiger partial charge in [0.05, 0.1) is 10.6 Å². The fourth-order valence-electron chi connectivity index (χ4n) is 1.37. The number of aliphatic hydroxyl groups excluding tert-OH is 1. The Kier molecular flexibility index (Phi) is 5.31. The largest absolute Gasteiger partial charge is 0.388 e. The van der Waals surface area contributed by atoms with E-state index in [1.807, 2.05) is 0 Å². The van der Waals surface area contributed by atoms with Gasteiger partial charge in [0, 0.05) is 13.7 Å². The predicted octanol–water partition coefficient (Wildman–Crippen LogP) is 3.19. The van der Waals surface area contributed by atoms with E-state index in [-0.39, 0.29) is 4.47 Å². The van der Waals surface area contributed by atoms with Gasteiger partial charge in [-0.25, -0.2) is 8.78 Å². The highest BCUT2D eigenvalue weighted by Crippen LogP contribution is 2.29. The summed E-state index contributed by atoms with van der Waals surface area (Å²) in [6, 6.07) is 2.38. The lowest BCUT2D eigenvalue weighted by molar-refractivity contribution is 0.135. The SMILES string of the molecule is COCCCC(O)c1ccc(F)c(F)c1Br. The smallest absolute Gasteiger partial charge is 0.173 e. The Hall–Kier alpha value is -0.520. The van der Waals surface area contributed by atoms with Crippen molar-refractivity contribution in [2.24, 2.45) is 0 Å². The summed E-state index contributed by atoms with van der Waals surface area (Å²) in [5.41, 5.74) is 0.356. The van der Waals surface area contributed by atoms with Crippen molar-refractivity contribution in [2.75, 3.05) is 13.7 Å². The molecule has 1 aromatic carbocycles. The Labute approximate surface area is 101 Å². The number of hydrogen-bond donors (Lipinski definition) is 1. The molecule has 0 saturated carbocycles. The lowest BCUT2D eigenvalue weighted by Gasteiger charge is -2.13. The van der Waals surface area contributed by atoms with Crippen molar-refractivity contribution in [3.8, 4) is 0 Å². The molecule has 1 N–H and O–H groups in total. The molecule has 0 bridgehead atoms. The molecular weight excluding hydrogens is 282 g/mol. The molecule has 0 radical (unpaired) electrons. The van der Waals surface area contributed by atoms with E-state index < -0.39 is 17.7 Å². The summed E-state index contributed by atoms with van der Waals surface area (Å²) < 4.78 is 30.8. The van der Waals surface area contributed by atoms with E-state index in [1.165, 1.54) is 6.07 Å². The summed E-state index contributed by atoms with van der Waals surface area (Å²) in [5, 5.41) is 9.77. The van der Waals surface area contributed by atoms with E-state index in [0.29, 0.717) is 25.0 Å². The van der Waals surface area contributed by atoms with Crippen molar-refractivity contribution in [3.63, 3.8) is 0 Å². The van der Waals surface area contributed by atoms with Crippen LogP contribution in [0.15, 0.2) is 16.6 Å². The topological polar surface area (TPSA) is 29.5 Å². The van der Waals surface area contributed by atoms with Gasteiger partial charge < -0.3 is 9.84 Å². The van der Waals surface area contributed by atoms with E-state index in [1.54, 1.807) is 7.11 Å². The Morgan fingerprint density at radius 2 is 2.12 bits per heavy atom. The second-order valence-electron chi connectivity index (χ2n) is 3.42.